The van der Waals surface area contributed by atoms with E-state index in [0.29, 0.717) is 0 Å². The zero-order chi connectivity index (χ0) is 7.82. The van der Waals surface area contributed by atoms with Crippen LogP contribution in [0.3, 0.4) is 0 Å². The fourth-order valence-electron chi connectivity index (χ4n) is 1.02. The summed E-state index contributed by atoms with van der Waals surface area (Å²) in [5.41, 5.74) is 5.37. The molecule has 0 saturated heterocycles. The molecule has 0 bridgehead atoms. The molecule has 0 heterocycles. The van der Waals surface area contributed by atoms with E-state index in [-0.39, 0.29) is 0 Å². The van der Waals surface area contributed by atoms with Gasteiger partial charge in [0.15, 0.2) is 0 Å². The third kappa shape index (κ3) is 6.05. The summed E-state index contributed by atoms with van der Waals surface area (Å²) in [7, 11) is 2.17. The number of hydrogen-bond donors (Lipinski definition) is 1. The molecule has 2 N–H and O–H groups in total. The standard InChI is InChI=1S/C8H20N2/c1-3-7-10(2)8-5-4-6-9/h3-9H2,1-2H3. The van der Waals surface area contributed by atoms with Crippen molar-refractivity contribution < 1.29 is 0 Å². The van der Waals surface area contributed by atoms with Gasteiger partial charge in [-0.05, 0) is 45.9 Å². The Morgan fingerprint density at radius 1 is 1.20 bits per heavy atom. The largest absolute Gasteiger partial charge is 0.330 e. The van der Waals surface area contributed by atoms with Gasteiger partial charge >= 0.3 is 0 Å². The van der Waals surface area contributed by atoms with Crippen molar-refractivity contribution in [1.29, 1.82) is 0 Å². The molecule has 0 aliphatic heterocycles. The summed E-state index contributed by atoms with van der Waals surface area (Å²) in [4.78, 5) is 2.36. The number of rotatable bonds is 6. The van der Waals surface area contributed by atoms with Crippen LogP contribution in [0.1, 0.15) is 26.2 Å². The van der Waals surface area contributed by atoms with Crippen molar-refractivity contribution in [3.8, 4) is 0 Å². The van der Waals surface area contributed by atoms with E-state index in [4.69, 9.17) is 5.73 Å². The normalized spacial score (nSPS) is 10.8. The highest BCUT2D eigenvalue weighted by molar-refractivity contribution is 4.50. The van der Waals surface area contributed by atoms with Gasteiger partial charge in [0.2, 0.25) is 0 Å². The van der Waals surface area contributed by atoms with Gasteiger partial charge in [-0.15, -0.1) is 0 Å². The van der Waals surface area contributed by atoms with E-state index in [1.165, 1.54) is 25.9 Å². The van der Waals surface area contributed by atoms with Gasteiger partial charge in [0, 0.05) is 0 Å². The highest BCUT2D eigenvalue weighted by atomic mass is 15.1. The Kier molecular flexibility index (Phi) is 6.98. The van der Waals surface area contributed by atoms with Crippen LogP contribution in [0.15, 0.2) is 0 Å². The minimum absolute atomic E-state index is 0.833. The van der Waals surface area contributed by atoms with Gasteiger partial charge < -0.3 is 10.6 Å². The van der Waals surface area contributed by atoms with Crippen LogP contribution in [0.25, 0.3) is 0 Å². The molecule has 0 spiro atoms. The van der Waals surface area contributed by atoms with E-state index in [2.05, 4.69) is 18.9 Å². The predicted octanol–water partition coefficient (Wildman–Crippen LogP) is 1.07. The summed E-state index contributed by atoms with van der Waals surface area (Å²) >= 11 is 0. The van der Waals surface area contributed by atoms with Gasteiger partial charge in [-0.2, -0.15) is 0 Å². The molecule has 62 valence electrons. The lowest BCUT2D eigenvalue weighted by molar-refractivity contribution is 0.327. The maximum Gasteiger partial charge on any atom is -0.00213 e. The van der Waals surface area contributed by atoms with Crippen LogP contribution >= 0.6 is 0 Å². The highest BCUT2D eigenvalue weighted by Gasteiger charge is 1.93. The Bertz CT molecular complexity index is 64.3. The minimum Gasteiger partial charge on any atom is -0.330 e. The Labute approximate surface area is 64.4 Å². The molecule has 2 nitrogen and oxygen atoms in total. The first-order valence-corrected chi connectivity index (χ1v) is 4.20. The Morgan fingerprint density at radius 2 is 1.90 bits per heavy atom. The second kappa shape index (κ2) is 7.03. The smallest absolute Gasteiger partial charge is 0.00213 e. The Morgan fingerprint density at radius 3 is 2.40 bits per heavy atom. The molecule has 0 amide bonds. The van der Waals surface area contributed by atoms with Gasteiger partial charge in [0.1, 0.15) is 0 Å². The van der Waals surface area contributed by atoms with Crippen LogP contribution in [0.4, 0.5) is 0 Å². The van der Waals surface area contributed by atoms with Gasteiger partial charge in [-0.1, -0.05) is 6.92 Å². The van der Waals surface area contributed by atoms with Gasteiger partial charge in [0.25, 0.3) is 0 Å². The molecule has 0 atom stereocenters. The number of nitrogens with two attached hydrogens (primary N) is 1. The van der Waals surface area contributed by atoms with E-state index >= 15 is 0 Å². The van der Waals surface area contributed by atoms with E-state index < -0.39 is 0 Å². The van der Waals surface area contributed by atoms with Gasteiger partial charge in [-0.25, -0.2) is 0 Å². The van der Waals surface area contributed by atoms with Crippen molar-refractivity contribution in [1.82, 2.24) is 4.90 Å². The van der Waals surface area contributed by atoms with Gasteiger partial charge in [0.05, 0.1) is 0 Å². The second-order valence-corrected chi connectivity index (χ2v) is 2.80. The van der Waals surface area contributed by atoms with E-state index in [1.54, 1.807) is 0 Å². The molecule has 0 unspecified atom stereocenters. The summed E-state index contributed by atoms with van der Waals surface area (Å²) in [6, 6.07) is 0. The first-order valence-electron chi connectivity index (χ1n) is 4.20. The lowest BCUT2D eigenvalue weighted by Crippen LogP contribution is -2.20. The quantitative estimate of drug-likeness (QED) is 0.565. The van der Waals surface area contributed by atoms with Crippen molar-refractivity contribution in [2.24, 2.45) is 5.73 Å². The lowest BCUT2D eigenvalue weighted by Gasteiger charge is -2.14. The summed E-state index contributed by atoms with van der Waals surface area (Å²) < 4.78 is 0. The fraction of sp³-hybridized carbons (Fsp3) is 1.00. The van der Waals surface area contributed by atoms with Crippen LogP contribution in [0.2, 0.25) is 0 Å². The molecule has 10 heavy (non-hydrogen) atoms. The SMILES string of the molecule is CCCN(C)CCCCN. The number of nitrogens with zero attached hydrogens (tertiary/aromatic N) is 1. The lowest BCUT2D eigenvalue weighted by atomic mass is 10.3. The highest BCUT2D eigenvalue weighted by Crippen LogP contribution is 1.91. The summed E-state index contributed by atoms with van der Waals surface area (Å²) in [6.07, 6.45) is 3.65. The maximum atomic E-state index is 5.37. The number of hydrogen-bond acceptors (Lipinski definition) is 2. The Hall–Kier alpha value is -0.0800. The molecule has 0 fully saturated rings. The molecule has 2 heteroatoms. The molecule has 0 aromatic rings. The topological polar surface area (TPSA) is 29.3 Å². The number of unbranched alkanes of at least 4 members (excludes halogenated alkanes) is 1. The summed E-state index contributed by atoms with van der Waals surface area (Å²) in [5.74, 6) is 0. The second-order valence-electron chi connectivity index (χ2n) is 2.80. The summed E-state index contributed by atoms with van der Waals surface area (Å²) in [5, 5.41) is 0. The molecule has 0 aliphatic rings. The van der Waals surface area contributed by atoms with Crippen LogP contribution in [0.5, 0.6) is 0 Å². The fourth-order valence-corrected chi connectivity index (χ4v) is 1.02. The first kappa shape index (κ1) is 9.92. The minimum atomic E-state index is 0.833. The first-order chi connectivity index (χ1) is 4.81. The van der Waals surface area contributed by atoms with E-state index in [9.17, 15) is 0 Å². The molecule has 0 aromatic carbocycles. The van der Waals surface area contributed by atoms with Crippen LogP contribution < -0.4 is 5.73 Å². The van der Waals surface area contributed by atoms with Crippen LogP contribution in [0, 0.1) is 0 Å². The van der Waals surface area contributed by atoms with Crippen LogP contribution in [-0.4, -0.2) is 31.6 Å². The molecule has 0 rings (SSSR count). The summed E-state index contributed by atoms with van der Waals surface area (Å²) in [6.45, 7) is 5.45. The third-order valence-corrected chi connectivity index (χ3v) is 1.60. The predicted molar refractivity (Wildman–Crippen MR) is 46.1 cm³/mol. The maximum absolute atomic E-state index is 5.37. The zero-order valence-electron chi connectivity index (χ0n) is 7.27. The van der Waals surface area contributed by atoms with Crippen molar-refractivity contribution in [2.45, 2.75) is 26.2 Å². The molecule has 0 radical (unpaired) electrons. The average molecular weight is 144 g/mol. The monoisotopic (exact) mass is 144 g/mol. The van der Waals surface area contributed by atoms with E-state index in [1.807, 2.05) is 0 Å². The Balaban J connectivity index is 2.97. The molecular formula is C8H20N2. The molecule has 0 saturated carbocycles. The molecular weight excluding hydrogens is 124 g/mol. The van der Waals surface area contributed by atoms with Gasteiger partial charge in [-0.3, -0.25) is 0 Å². The van der Waals surface area contributed by atoms with Crippen molar-refractivity contribution in [3.63, 3.8) is 0 Å². The molecule has 0 aromatic heterocycles. The van der Waals surface area contributed by atoms with Crippen molar-refractivity contribution >= 4 is 0 Å². The molecule has 0 aliphatic carbocycles. The van der Waals surface area contributed by atoms with E-state index in [0.717, 1.165) is 13.0 Å². The van der Waals surface area contributed by atoms with Crippen LogP contribution in [-0.2, 0) is 0 Å². The average Bonchev–Trinajstić information content (AvgIpc) is 1.89. The zero-order valence-corrected chi connectivity index (χ0v) is 7.27. The van der Waals surface area contributed by atoms with Crippen molar-refractivity contribution in [3.05, 3.63) is 0 Å². The third-order valence-electron chi connectivity index (χ3n) is 1.60. The van der Waals surface area contributed by atoms with Crippen molar-refractivity contribution in [2.75, 3.05) is 26.7 Å².